The van der Waals surface area contributed by atoms with Crippen LogP contribution in [0.4, 0.5) is 0 Å². The summed E-state index contributed by atoms with van der Waals surface area (Å²) in [7, 11) is 0. The van der Waals surface area contributed by atoms with Crippen LogP contribution in [0.2, 0.25) is 0 Å². The molecule has 3 fully saturated rings. The highest BCUT2D eigenvalue weighted by Crippen LogP contribution is 2.38. The molecule has 3 rings (SSSR count). The van der Waals surface area contributed by atoms with Crippen molar-refractivity contribution in [1.82, 2.24) is 5.32 Å². The molecule has 0 bridgehead atoms. The Kier molecular flexibility index (Phi) is 5.23. The van der Waals surface area contributed by atoms with Crippen molar-refractivity contribution in [2.75, 3.05) is 13.2 Å². The van der Waals surface area contributed by atoms with Crippen molar-refractivity contribution in [3.8, 4) is 0 Å². The van der Waals surface area contributed by atoms with Gasteiger partial charge in [0.25, 0.3) is 0 Å². The molecule has 3 heteroatoms. The monoisotopic (exact) mass is 295 g/mol. The summed E-state index contributed by atoms with van der Waals surface area (Å²) in [6.07, 6.45) is 13.2. The molecule has 1 aliphatic heterocycles. The van der Waals surface area contributed by atoms with E-state index in [4.69, 9.17) is 9.47 Å². The summed E-state index contributed by atoms with van der Waals surface area (Å²) < 4.78 is 11.6. The van der Waals surface area contributed by atoms with E-state index in [0.29, 0.717) is 6.04 Å². The van der Waals surface area contributed by atoms with Crippen LogP contribution in [-0.4, -0.2) is 31.1 Å². The SMILES string of the molecule is CC1(C)OCC(CNC2CCCCC2C2CCCCC2)O1. The molecule has 2 saturated carbocycles. The van der Waals surface area contributed by atoms with Crippen molar-refractivity contribution in [2.45, 2.75) is 89.6 Å². The molecule has 1 N–H and O–H groups in total. The highest BCUT2D eigenvalue weighted by molar-refractivity contribution is 4.88. The summed E-state index contributed by atoms with van der Waals surface area (Å²) in [5.74, 6) is 1.50. The maximum Gasteiger partial charge on any atom is 0.163 e. The van der Waals surface area contributed by atoms with Crippen molar-refractivity contribution >= 4 is 0 Å². The highest BCUT2D eigenvalue weighted by Gasteiger charge is 2.35. The van der Waals surface area contributed by atoms with Crippen LogP contribution < -0.4 is 5.32 Å². The standard InChI is InChI=1S/C18H33NO2/c1-18(2)20-13-15(21-18)12-19-17-11-7-6-10-16(17)14-8-4-3-5-9-14/h14-17,19H,3-13H2,1-2H3. The fraction of sp³-hybridized carbons (Fsp3) is 1.00. The van der Waals surface area contributed by atoms with Crippen LogP contribution in [0.15, 0.2) is 0 Å². The Hall–Kier alpha value is -0.120. The van der Waals surface area contributed by atoms with Crippen molar-refractivity contribution in [3.63, 3.8) is 0 Å². The number of hydrogen-bond donors (Lipinski definition) is 1. The van der Waals surface area contributed by atoms with Crippen LogP contribution in [0.5, 0.6) is 0 Å². The predicted molar refractivity (Wildman–Crippen MR) is 85.2 cm³/mol. The van der Waals surface area contributed by atoms with Gasteiger partial charge >= 0.3 is 0 Å². The lowest BCUT2D eigenvalue weighted by molar-refractivity contribution is -0.138. The van der Waals surface area contributed by atoms with E-state index < -0.39 is 0 Å². The van der Waals surface area contributed by atoms with E-state index in [1.165, 1.54) is 57.8 Å². The molecule has 1 heterocycles. The van der Waals surface area contributed by atoms with Gasteiger partial charge in [-0.15, -0.1) is 0 Å². The van der Waals surface area contributed by atoms with Gasteiger partial charge < -0.3 is 14.8 Å². The molecular formula is C18H33NO2. The van der Waals surface area contributed by atoms with E-state index in [-0.39, 0.29) is 11.9 Å². The molecule has 3 nitrogen and oxygen atoms in total. The number of rotatable bonds is 4. The topological polar surface area (TPSA) is 30.5 Å². The van der Waals surface area contributed by atoms with E-state index >= 15 is 0 Å². The predicted octanol–water partition coefficient (Wildman–Crippen LogP) is 3.87. The zero-order chi connectivity index (χ0) is 14.7. The minimum absolute atomic E-state index is 0.230. The average molecular weight is 295 g/mol. The first kappa shape index (κ1) is 15.8. The first-order valence-corrected chi connectivity index (χ1v) is 9.19. The summed E-state index contributed by atoms with van der Waals surface area (Å²) in [6, 6.07) is 0.717. The number of nitrogens with one attached hydrogen (secondary N) is 1. The lowest BCUT2D eigenvalue weighted by Gasteiger charge is -2.40. The van der Waals surface area contributed by atoms with E-state index in [1.807, 2.05) is 13.8 Å². The van der Waals surface area contributed by atoms with Gasteiger partial charge in [0.1, 0.15) is 0 Å². The fourth-order valence-corrected chi connectivity index (χ4v) is 4.69. The van der Waals surface area contributed by atoms with Gasteiger partial charge in [0.2, 0.25) is 0 Å². The molecule has 0 spiro atoms. The molecule has 0 aromatic carbocycles. The fourth-order valence-electron chi connectivity index (χ4n) is 4.69. The molecule has 0 aromatic heterocycles. The summed E-state index contributed by atoms with van der Waals surface area (Å²) in [4.78, 5) is 0. The quantitative estimate of drug-likeness (QED) is 0.854. The molecule has 3 atom stereocenters. The third kappa shape index (κ3) is 4.20. The second kappa shape index (κ2) is 6.97. The van der Waals surface area contributed by atoms with E-state index in [0.717, 1.165) is 25.0 Å². The van der Waals surface area contributed by atoms with Crippen molar-refractivity contribution in [2.24, 2.45) is 11.8 Å². The Bertz CT molecular complexity index is 325. The maximum atomic E-state index is 5.94. The van der Waals surface area contributed by atoms with Gasteiger partial charge in [0.15, 0.2) is 5.79 Å². The average Bonchev–Trinajstić information content (AvgIpc) is 2.86. The molecule has 0 amide bonds. The Morgan fingerprint density at radius 3 is 2.38 bits per heavy atom. The highest BCUT2D eigenvalue weighted by atomic mass is 16.7. The van der Waals surface area contributed by atoms with Gasteiger partial charge in [0, 0.05) is 12.6 Å². The van der Waals surface area contributed by atoms with Gasteiger partial charge in [0.05, 0.1) is 12.7 Å². The Morgan fingerprint density at radius 1 is 0.952 bits per heavy atom. The van der Waals surface area contributed by atoms with E-state index in [2.05, 4.69) is 5.32 Å². The van der Waals surface area contributed by atoms with Gasteiger partial charge in [-0.05, 0) is 38.5 Å². The second-order valence-corrected chi connectivity index (χ2v) is 7.81. The first-order valence-electron chi connectivity index (χ1n) is 9.19. The summed E-state index contributed by atoms with van der Waals surface area (Å²) in [5.41, 5.74) is 0. The molecule has 0 aromatic rings. The lowest BCUT2D eigenvalue weighted by atomic mass is 9.71. The third-order valence-electron chi connectivity index (χ3n) is 5.75. The molecule has 2 aliphatic carbocycles. The number of ether oxygens (including phenoxy) is 2. The Morgan fingerprint density at radius 2 is 1.67 bits per heavy atom. The van der Waals surface area contributed by atoms with E-state index in [9.17, 15) is 0 Å². The smallest absolute Gasteiger partial charge is 0.163 e. The van der Waals surface area contributed by atoms with Crippen LogP contribution in [0.1, 0.15) is 71.6 Å². The Labute approximate surface area is 130 Å². The van der Waals surface area contributed by atoms with Crippen molar-refractivity contribution in [1.29, 1.82) is 0 Å². The third-order valence-corrected chi connectivity index (χ3v) is 5.75. The van der Waals surface area contributed by atoms with Gasteiger partial charge in [-0.2, -0.15) is 0 Å². The zero-order valence-electron chi connectivity index (χ0n) is 13.9. The van der Waals surface area contributed by atoms with Gasteiger partial charge in [-0.25, -0.2) is 0 Å². The minimum atomic E-state index is -0.387. The Balaban J connectivity index is 1.50. The summed E-state index contributed by atoms with van der Waals surface area (Å²) >= 11 is 0. The van der Waals surface area contributed by atoms with Crippen LogP contribution in [0.25, 0.3) is 0 Å². The van der Waals surface area contributed by atoms with Crippen LogP contribution in [0, 0.1) is 11.8 Å². The molecule has 0 radical (unpaired) electrons. The van der Waals surface area contributed by atoms with Crippen LogP contribution in [0.3, 0.4) is 0 Å². The largest absolute Gasteiger partial charge is 0.348 e. The molecule has 3 unspecified atom stereocenters. The van der Waals surface area contributed by atoms with E-state index in [1.54, 1.807) is 0 Å². The summed E-state index contributed by atoms with van der Waals surface area (Å²) in [6.45, 7) is 5.72. The lowest BCUT2D eigenvalue weighted by Crippen LogP contribution is -2.45. The number of hydrogen-bond acceptors (Lipinski definition) is 3. The van der Waals surface area contributed by atoms with Crippen LogP contribution >= 0.6 is 0 Å². The molecular weight excluding hydrogens is 262 g/mol. The molecule has 21 heavy (non-hydrogen) atoms. The molecule has 3 aliphatic rings. The zero-order valence-corrected chi connectivity index (χ0v) is 13.9. The van der Waals surface area contributed by atoms with Crippen molar-refractivity contribution < 1.29 is 9.47 Å². The molecule has 122 valence electrons. The maximum absolute atomic E-state index is 5.94. The molecule has 1 saturated heterocycles. The first-order chi connectivity index (χ1) is 10.1. The summed E-state index contributed by atoms with van der Waals surface area (Å²) in [5, 5.41) is 3.84. The normalized spacial score (nSPS) is 37.7. The van der Waals surface area contributed by atoms with Crippen LogP contribution in [-0.2, 0) is 9.47 Å². The second-order valence-electron chi connectivity index (χ2n) is 7.81. The van der Waals surface area contributed by atoms with Crippen molar-refractivity contribution in [3.05, 3.63) is 0 Å². The van der Waals surface area contributed by atoms with Gasteiger partial charge in [-0.1, -0.05) is 44.9 Å². The van der Waals surface area contributed by atoms with Gasteiger partial charge in [-0.3, -0.25) is 0 Å². The minimum Gasteiger partial charge on any atom is -0.348 e.